The maximum atomic E-state index is 12.3. The van der Waals surface area contributed by atoms with Crippen LogP contribution in [0.1, 0.15) is 16.1 Å². The molecule has 0 atom stereocenters. The first-order chi connectivity index (χ1) is 8.47. The molecule has 0 spiro atoms. The number of methoxy groups -OCH3 is 1. The third-order valence-corrected chi connectivity index (χ3v) is 3.54. The van der Waals surface area contributed by atoms with Gasteiger partial charge in [0.2, 0.25) is 5.43 Å². The Bertz CT molecular complexity index is 703. The third-order valence-electron chi connectivity index (χ3n) is 3.05. The molecule has 4 nitrogen and oxygen atoms in total. The largest absolute Gasteiger partial charge is 0.465 e. The van der Waals surface area contributed by atoms with Crippen molar-refractivity contribution in [2.24, 2.45) is 7.05 Å². The van der Waals surface area contributed by atoms with Crippen molar-refractivity contribution in [1.82, 2.24) is 4.57 Å². The first kappa shape index (κ1) is 12.8. The van der Waals surface area contributed by atoms with Gasteiger partial charge in [0, 0.05) is 22.6 Å². The second-order valence-electron chi connectivity index (χ2n) is 4.00. The molecule has 0 bridgehead atoms. The zero-order chi connectivity index (χ0) is 13.4. The number of pyridine rings is 1. The monoisotopic (exact) mass is 309 g/mol. The highest BCUT2D eigenvalue weighted by Gasteiger charge is 2.19. The predicted molar refractivity (Wildman–Crippen MR) is 73.0 cm³/mol. The van der Waals surface area contributed by atoms with Crippen molar-refractivity contribution in [3.8, 4) is 0 Å². The molecule has 18 heavy (non-hydrogen) atoms. The third kappa shape index (κ3) is 1.84. The Morgan fingerprint density at radius 1 is 1.39 bits per heavy atom. The highest BCUT2D eigenvalue weighted by Crippen LogP contribution is 2.19. The first-order valence-corrected chi connectivity index (χ1v) is 6.14. The smallest absolute Gasteiger partial charge is 0.343 e. The number of rotatable bonds is 1. The molecular weight excluding hydrogens is 298 g/mol. The fraction of sp³-hybridized carbons (Fsp3) is 0.231. The standard InChI is InChI=1S/C13H12BrNO3/c1-7-11(13(17)18-3)12(16)9-6-8(14)4-5-10(9)15(7)2/h4-6H,1-3H3. The van der Waals surface area contributed by atoms with Gasteiger partial charge in [0.1, 0.15) is 5.56 Å². The summed E-state index contributed by atoms with van der Waals surface area (Å²) in [6.07, 6.45) is 0. The van der Waals surface area contributed by atoms with E-state index in [0.29, 0.717) is 11.1 Å². The van der Waals surface area contributed by atoms with E-state index in [1.165, 1.54) is 7.11 Å². The molecule has 1 aromatic heterocycles. The van der Waals surface area contributed by atoms with E-state index >= 15 is 0 Å². The van der Waals surface area contributed by atoms with Crippen molar-refractivity contribution >= 4 is 32.8 Å². The molecule has 0 aliphatic rings. The van der Waals surface area contributed by atoms with Crippen LogP contribution in [0.25, 0.3) is 10.9 Å². The van der Waals surface area contributed by atoms with Crippen molar-refractivity contribution in [2.75, 3.05) is 7.11 Å². The summed E-state index contributed by atoms with van der Waals surface area (Å²) >= 11 is 3.32. The van der Waals surface area contributed by atoms with Crippen molar-refractivity contribution in [3.05, 3.63) is 44.2 Å². The molecule has 0 radical (unpaired) electrons. The van der Waals surface area contributed by atoms with Crippen LogP contribution in [0.3, 0.4) is 0 Å². The Balaban J connectivity index is 2.98. The number of hydrogen-bond donors (Lipinski definition) is 0. The second kappa shape index (κ2) is 4.57. The van der Waals surface area contributed by atoms with Crippen LogP contribution >= 0.6 is 15.9 Å². The van der Waals surface area contributed by atoms with Gasteiger partial charge in [-0.1, -0.05) is 15.9 Å². The molecule has 94 valence electrons. The van der Waals surface area contributed by atoms with Crippen LogP contribution in [-0.2, 0) is 11.8 Å². The molecule has 0 amide bonds. The lowest BCUT2D eigenvalue weighted by molar-refractivity contribution is 0.0597. The van der Waals surface area contributed by atoms with Crippen molar-refractivity contribution < 1.29 is 9.53 Å². The summed E-state index contributed by atoms with van der Waals surface area (Å²) in [6.45, 7) is 1.73. The van der Waals surface area contributed by atoms with E-state index in [2.05, 4.69) is 20.7 Å². The molecule has 0 N–H and O–H groups in total. The summed E-state index contributed by atoms with van der Waals surface area (Å²) < 4.78 is 7.28. The van der Waals surface area contributed by atoms with Crippen LogP contribution < -0.4 is 5.43 Å². The van der Waals surface area contributed by atoms with E-state index < -0.39 is 5.97 Å². The lowest BCUT2D eigenvalue weighted by Crippen LogP contribution is -2.22. The number of fused-ring (bicyclic) bond motifs is 1. The van der Waals surface area contributed by atoms with Gasteiger partial charge in [0.25, 0.3) is 0 Å². The van der Waals surface area contributed by atoms with E-state index in [-0.39, 0.29) is 11.0 Å². The zero-order valence-electron chi connectivity index (χ0n) is 10.3. The SMILES string of the molecule is COC(=O)c1c(C)n(C)c2ccc(Br)cc2c1=O. The number of esters is 1. The van der Waals surface area contributed by atoms with Crippen LogP contribution in [-0.4, -0.2) is 17.6 Å². The summed E-state index contributed by atoms with van der Waals surface area (Å²) in [6, 6.07) is 5.41. The number of nitrogens with zero attached hydrogens (tertiary/aromatic N) is 1. The van der Waals surface area contributed by atoms with E-state index in [1.807, 2.05) is 23.7 Å². The quantitative estimate of drug-likeness (QED) is 0.760. The Labute approximate surface area is 112 Å². The van der Waals surface area contributed by atoms with Crippen LogP contribution in [0, 0.1) is 6.92 Å². The van der Waals surface area contributed by atoms with Gasteiger partial charge in [0.05, 0.1) is 12.6 Å². The molecule has 0 aliphatic heterocycles. The molecule has 2 aromatic rings. The minimum Gasteiger partial charge on any atom is -0.465 e. The average Bonchev–Trinajstić information content (AvgIpc) is 2.36. The van der Waals surface area contributed by atoms with Gasteiger partial charge in [-0.05, 0) is 25.1 Å². The molecule has 1 heterocycles. The van der Waals surface area contributed by atoms with Crippen molar-refractivity contribution in [3.63, 3.8) is 0 Å². The van der Waals surface area contributed by atoms with Crippen LogP contribution in [0.5, 0.6) is 0 Å². The number of ether oxygens (including phenoxy) is 1. The molecule has 0 unspecified atom stereocenters. The van der Waals surface area contributed by atoms with Gasteiger partial charge in [-0.25, -0.2) is 4.79 Å². The molecule has 5 heteroatoms. The van der Waals surface area contributed by atoms with Gasteiger partial charge < -0.3 is 9.30 Å². The van der Waals surface area contributed by atoms with E-state index in [9.17, 15) is 9.59 Å². The number of carbonyl (C=O) groups is 1. The van der Waals surface area contributed by atoms with Gasteiger partial charge in [-0.2, -0.15) is 0 Å². The topological polar surface area (TPSA) is 48.3 Å². The summed E-state index contributed by atoms with van der Waals surface area (Å²) in [7, 11) is 3.09. The van der Waals surface area contributed by atoms with Crippen LogP contribution in [0.15, 0.2) is 27.5 Å². The summed E-state index contributed by atoms with van der Waals surface area (Å²) in [4.78, 5) is 24.0. The Hall–Kier alpha value is -1.62. The molecule has 0 aliphatic carbocycles. The minimum absolute atomic E-state index is 0.0885. The molecule has 0 saturated heterocycles. The Kier molecular flexibility index (Phi) is 3.26. The Morgan fingerprint density at radius 3 is 2.67 bits per heavy atom. The summed E-state index contributed by atoms with van der Waals surface area (Å²) in [5, 5.41) is 0.498. The fourth-order valence-corrected chi connectivity index (χ4v) is 2.33. The number of benzene rings is 1. The number of aromatic nitrogens is 1. The predicted octanol–water partition coefficient (Wildman–Crippen LogP) is 2.40. The molecule has 2 rings (SSSR count). The van der Waals surface area contributed by atoms with E-state index in [4.69, 9.17) is 0 Å². The van der Waals surface area contributed by atoms with Crippen molar-refractivity contribution in [1.29, 1.82) is 0 Å². The molecule has 0 fully saturated rings. The van der Waals surface area contributed by atoms with E-state index in [1.54, 1.807) is 13.0 Å². The lowest BCUT2D eigenvalue weighted by Gasteiger charge is -2.13. The number of hydrogen-bond acceptors (Lipinski definition) is 3. The molecule has 1 aromatic carbocycles. The van der Waals surface area contributed by atoms with E-state index in [0.717, 1.165) is 9.99 Å². The highest BCUT2D eigenvalue weighted by atomic mass is 79.9. The number of aryl methyl sites for hydroxylation is 1. The maximum Gasteiger partial charge on any atom is 0.343 e. The van der Waals surface area contributed by atoms with Gasteiger partial charge in [-0.15, -0.1) is 0 Å². The minimum atomic E-state index is -0.602. The maximum absolute atomic E-state index is 12.3. The van der Waals surface area contributed by atoms with Gasteiger partial charge in [0.15, 0.2) is 0 Å². The number of carbonyl (C=O) groups excluding carboxylic acids is 1. The average molecular weight is 310 g/mol. The summed E-state index contributed by atoms with van der Waals surface area (Å²) in [5.41, 5.74) is 1.18. The fourth-order valence-electron chi connectivity index (χ4n) is 1.97. The lowest BCUT2D eigenvalue weighted by atomic mass is 10.1. The number of halogens is 1. The normalized spacial score (nSPS) is 10.7. The molecule has 0 saturated carbocycles. The molecular formula is C13H12BrNO3. The van der Waals surface area contributed by atoms with Crippen LogP contribution in [0.2, 0.25) is 0 Å². The van der Waals surface area contributed by atoms with Crippen molar-refractivity contribution in [2.45, 2.75) is 6.92 Å². The highest BCUT2D eigenvalue weighted by molar-refractivity contribution is 9.10. The Morgan fingerprint density at radius 2 is 2.06 bits per heavy atom. The summed E-state index contributed by atoms with van der Waals surface area (Å²) in [5.74, 6) is -0.602. The second-order valence-corrected chi connectivity index (χ2v) is 4.92. The first-order valence-electron chi connectivity index (χ1n) is 5.34. The zero-order valence-corrected chi connectivity index (χ0v) is 11.9. The van der Waals surface area contributed by atoms with Crippen LogP contribution in [0.4, 0.5) is 0 Å². The van der Waals surface area contributed by atoms with Gasteiger partial charge >= 0.3 is 5.97 Å². The van der Waals surface area contributed by atoms with Gasteiger partial charge in [-0.3, -0.25) is 4.79 Å².